The van der Waals surface area contributed by atoms with E-state index in [2.05, 4.69) is 124 Å². The zero-order valence-electron chi connectivity index (χ0n) is 23.0. The minimum absolute atomic E-state index is 0.953. The molecule has 200 valence electrons. The lowest BCUT2D eigenvalue weighted by atomic mass is 9.97. The van der Waals surface area contributed by atoms with Crippen molar-refractivity contribution in [2.24, 2.45) is 0 Å². The van der Waals surface area contributed by atoms with Crippen LogP contribution in [-0.4, -0.2) is 14.0 Å². The summed E-state index contributed by atoms with van der Waals surface area (Å²) in [6.07, 6.45) is 4.14. The fraction of sp³-hybridized carbons (Fsp3) is 0. The van der Waals surface area contributed by atoms with E-state index >= 15 is 0 Å². The Morgan fingerprint density at radius 1 is 0.558 bits per heavy atom. The van der Waals surface area contributed by atoms with Crippen molar-refractivity contribution in [3.8, 4) is 16.9 Å². The minimum atomic E-state index is 0.953. The molecule has 0 bridgehead atoms. The molecule has 0 spiro atoms. The third-order valence-electron chi connectivity index (χ3n) is 8.92. The maximum absolute atomic E-state index is 4.86. The number of aromatic nitrogens is 3. The number of hydrogen-bond donors (Lipinski definition) is 0. The summed E-state index contributed by atoms with van der Waals surface area (Å²) in [7, 11) is 0. The van der Waals surface area contributed by atoms with Gasteiger partial charge in [0, 0.05) is 65.4 Å². The number of nitrogens with zero attached hydrogens (tertiary/aromatic N) is 3. The van der Waals surface area contributed by atoms with E-state index in [0.29, 0.717) is 0 Å². The molecule has 0 atom stereocenters. The lowest BCUT2D eigenvalue weighted by Crippen LogP contribution is -1.95. The van der Waals surface area contributed by atoms with Gasteiger partial charge < -0.3 is 8.97 Å². The van der Waals surface area contributed by atoms with Gasteiger partial charge in [-0.05, 0) is 47.2 Å². The van der Waals surface area contributed by atoms with Gasteiger partial charge in [0.15, 0.2) is 0 Å². The van der Waals surface area contributed by atoms with Crippen LogP contribution in [0, 0.1) is 0 Å². The molecule has 4 heterocycles. The summed E-state index contributed by atoms with van der Waals surface area (Å²) in [5, 5.41) is 10.5. The summed E-state index contributed by atoms with van der Waals surface area (Å²) >= 11 is 1.91. The molecule has 0 aliphatic rings. The predicted octanol–water partition coefficient (Wildman–Crippen LogP) is 10.8. The van der Waals surface area contributed by atoms with E-state index in [4.69, 9.17) is 4.98 Å². The first-order valence-corrected chi connectivity index (χ1v) is 15.4. The first-order valence-electron chi connectivity index (χ1n) is 14.6. The average Bonchev–Trinajstić information content (AvgIpc) is 3.77. The van der Waals surface area contributed by atoms with Crippen LogP contribution in [0.15, 0.2) is 140 Å². The van der Waals surface area contributed by atoms with Crippen molar-refractivity contribution in [1.82, 2.24) is 14.0 Å². The van der Waals surface area contributed by atoms with Crippen molar-refractivity contribution in [2.75, 3.05) is 0 Å². The SMILES string of the molecule is c1ccc2c(c1)ccc1c2c2c3c4ccccc4sc3c3ccccc3c2n1-c1ccc(-c2cn3ccccc3n2)cc1. The van der Waals surface area contributed by atoms with Crippen LogP contribution in [0.5, 0.6) is 0 Å². The van der Waals surface area contributed by atoms with Gasteiger partial charge in [-0.15, -0.1) is 11.3 Å². The van der Waals surface area contributed by atoms with Crippen molar-refractivity contribution < 1.29 is 0 Å². The highest BCUT2D eigenvalue weighted by Gasteiger charge is 2.23. The van der Waals surface area contributed by atoms with Crippen LogP contribution in [-0.2, 0) is 0 Å². The van der Waals surface area contributed by atoms with Crippen LogP contribution in [0.1, 0.15) is 0 Å². The smallest absolute Gasteiger partial charge is 0.137 e. The molecule has 4 heteroatoms. The summed E-state index contributed by atoms with van der Waals surface area (Å²) in [4.78, 5) is 4.86. The highest BCUT2D eigenvalue weighted by molar-refractivity contribution is 7.27. The average molecular weight is 566 g/mol. The monoisotopic (exact) mass is 565 g/mol. The van der Waals surface area contributed by atoms with Crippen molar-refractivity contribution >= 4 is 80.5 Å². The summed E-state index contributed by atoms with van der Waals surface area (Å²) in [5.41, 5.74) is 6.67. The summed E-state index contributed by atoms with van der Waals surface area (Å²) in [6.45, 7) is 0. The number of thiophene rings is 1. The van der Waals surface area contributed by atoms with Crippen LogP contribution in [0.3, 0.4) is 0 Å². The summed E-state index contributed by atoms with van der Waals surface area (Å²) in [5.74, 6) is 0. The fourth-order valence-corrected chi connectivity index (χ4v) is 8.30. The normalized spacial score (nSPS) is 12.2. The van der Waals surface area contributed by atoms with Crippen molar-refractivity contribution in [1.29, 1.82) is 0 Å². The molecule has 0 saturated heterocycles. The Bertz CT molecular complexity index is 2690. The molecule has 0 fully saturated rings. The quantitative estimate of drug-likeness (QED) is 0.204. The molecule has 43 heavy (non-hydrogen) atoms. The lowest BCUT2D eigenvalue weighted by molar-refractivity contribution is 1.19. The third-order valence-corrected chi connectivity index (χ3v) is 10.1. The number of benzene rings is 6. The van der Waals surface area contributed by atoms with E-state index < -0.39 is 0 Å². The molecule has 0 unspecified atom stereocenters. The van der Waals surface area contributed by atoms with Gasteiger partial charge in [0.2, 0.25) is 0 Å². The number of hydrogen-bond acceptors (Lipinski definition) is 2. The van der Waals surface area contributed by atoms with Crippen LogP contribution >= 0.6 is 11.3 Å². The first kappa shape index (κ1) is 23.1. The molecule has 0 aliphatic heterocycles. The maximum atomic E-state index is 4.86. The van der Waals surface area contributed by atoms with Crippen LogP contribution in [0.2, 0.25) is 0 Å². The molecule has 0 saturated carbocycles. The van der Waals surface area contributed by atoms with E-state index in [0.717, 1.165) is 22.6 Å². The second-order valence-electron chi connectivity index (χ2n) is 11.2. The fourth-order valence-electron chi connectivity index (χ4n) is 7.05. The van der Waals surface area contributed by atoms with E-state index in [-0.39, 0.29) is 0 Å². The Kier molecular flexibility index (Phi) is 4.60. The van der Waals surface area contributed by atoms with E-state index in [1.54, 1.807) is 0 Å². The van der Waals surface area contributed by atoms with Gasteiger partial charge in [0.25, 0.3) is 0 Å². The Morgan fingerprint density at radius 3 is 2.16 bits per heavy atom. The van der Waals surface area contributed by atoms with Crippen LogP contribution < -0.4 is 0 Å². The van der Waals surface area contributed by atoms with Gasteiger partial charge in [-0.1, -0.05) is 91.0 Å². The van der Waals surface area contributed by atoms with Gasteiger partial charge in [-0.2, -0.15) is 0 Å². The van der Waals surface area contributed by atoms with Gasteiger partial charge in [-0.25, -0.2) is 4.98 Å². The largest absolute Gasteiger partial charge is 0.309 e. The number of imidazole rings is 1. The number of fused-ring (bicyclic) bond motifs is 13. The topological polar surface area (TPSA) is 22.2 Å². The number of rotatable bonds is 2. The third kappa shape index (κ3) is 3.16. The van der Waals surface area contributed by atoms with Gasteiger partial charge >= 0.3 is 0 Å². The van der Waals surface area contributed by atoms with Crippen molar-refractivity contribution in [3.05, 3.63) is 140 Å². The van der Waals surface area contributed by atoms with Crippen LogP contribution in [0.25, 0.3) is 86.1 Å². The number of pyridine rings is 1. The Balaban J connectivity index is 1.37. The molecule has 10 rings (SSSR count). The molecule has 0 radical (unpaired) electrons. The second kappa shape index (κ2) is 8.54. The Labute approximate surface area is 250 Å². The molecule has 0 N–H and O–H groups in total. The van der Waals surface area contributed by atoms with Gasteiger partial charge in [0.1, 0.15) is 5.65 Å². The summed E-state index contributed by atoms with van der Waals surface area (Å²) < 4.78 is 7.24. The second-order valence-corrected chi connectivity index (χ2v) is 12.3. The van der Waals surface area contributed by atoms with Gasteiger partial charge in [0.05, 0.1) is 16.7 Å². The molecule has 3 nitrogen and oxygen atoms in total. The molecule has 0 aliphatic carbocycles. The minimum Gasteiger partial charge on any atom is -0.309 e. The maximum Gasteiger partial charge on any atom is 0.137 e. The first-order chi connectivity index (χ1) is 21.3. The highest BCUT2D eigenvalue weighted by atomic mass is 32.1. The molecule has 10 aromatic rings. The van der Waals surface area contributed by atoms with Crippen molar-refractivity contribution in [2.45, 2.75) is 0 Å². The molecular weight excluding hydrogens is 543 g/mol. The Hall–Kier alpha value is -5.45. The predicted molar refractivity (Wildman–Crippen MR) is 183 cm³/mol. The zero-order chi connectivity index (χ0) is 28.1. The molecule has 0 amide bonds. The standard InChI is InChI=1S/C39H23N3S/c1-2-10-27-24(9-1)18-21-32-35(27)37-36-30-13-5-6-14-33(30)43-39(36)29-12-4-3-11-28(29)38(37)42(32)26-19-16-25(17-20-26)31-23-41-22-8-7-15-34(41)40-31/h1-23H. The highest BCUT2D eigenvalue weighted by Crippen LogP contribution is 2.49. The van der Waals surface area contributed by atoms with Crippen LogP contribution in [0.4, 0.5) is 0 Å². The van der Waals surface area contributed by atoms with E-state index in [9.17, 15) is 0 Å². The lowest BCUT2D eigenvalue weighted by Gasteiger charge is -2.11. The summed E-state index contributed by atoms with van der Waals surface area (Å²) in [6, 6.07) is 46.2. The van der Waals surface area contributed by atoms with E-state index in [1.807, 2.05) is 35.7 Å². The van der Waals surface area contributed by atoms with Gasteiger partial charge in [-0.3, -0.25) is 0 Å². The van der Waals surface area contributed by atoms with Crippen molar-refractivity contribution in [3.63, 3.8) is 0 Å². The molecule has 4 aromatic heterocycles. The van der Waals surface area contributed by atoms with E-state index in [1.165, 1.54) is 63.5 Å². The zero-order valence-corrected chi connectivity index (χ0v) is 23.8. The Morgan fingerprint density at radius 2 is 1.30 bits per heavy atom. The molecular formula is C39H23N3S. The molecule has 6 aromatic carbocycles.